The first-order valence-corrected chi connectivity index (χ1v) is 10.9. The van der Waals surface area contributed by atoms with Gasteiger partial charge in [-0.15, -0.1) is 0 Å². The van der Waals surface area contributed by atoms with Gasteiger partial charge in [-0.2, -0.15) is 4.31 Å². The second-order valence-electron chi connectivity index (χ2n) is 7.34. The molecule has 1 aromatic rings. The van der Waals surface area contributed by atoms with Gasteiger partial charge in [-0.25, -0.2) is 8.42 Å². The Morgan fingerprint density at radius 2 is 1.60 bits per heavy atom. The summed E-state index contributed by atoms with van der Waals surface area (Å²) in [5, 5.41) is 0. The molecular formula is C18H30N4O2S. The van der Waals surface area contributed by atoms with Crippen LogP contribution in [0.1, 0.15) is 18.4 Å². The van der Waals surface area contributed by atoms with E-state index in [0.29, 0.717) is 19.6 Å². The lowest BCUT2D eigenvalue weighted by Crippen LogP contribution is -2.63. The number of nitrogens with two attached hydrogens (primary N) is 1. The Bertz CT molecular complexity index is 649. The van der Waals surface area contributed by atoms with Crippen molar-refractivity contribution in [2.75, 3.05) is 52.1 Å². The molecule has 0 atom stereocenters. The average Bonchev–Trinajstić information content (AvgIpc) is 2.63. The van der Waals surface area contributed by atoms with Gasteiger partial charge < -0.3 is 5.73 Å². The minimum absolute atomic E-state index is 0.0246. The first kappa shape index (κ1) is 18.8. The standard InChI is InChI=1S/C18H30N4O2S/c1-25(23,24)22-13-11-21(12-14-22)18(16-19)7-9-20(10-8-18)15-17-5-3-2-4-6-17/h2-6H,7-16,19H2,1H3. The highest BCUT2D eigenvalue weighted by atomic mass is 32.2. The molecule has 7 heteroatoms. The highest BCUT2D eigenvalue weighted by Gasteiger charge is 2.40. The van der Waals surface area contributed by atoms with E-state index in [9.17, 15) is 8.42 Å². The number of hydrogen-bond acceptors (Lipinski definition) is 5. The first-order chi connectivity index (χ1) is 11.9. The van der Waals surface area contributed by atoms with Crippen molar-refractivity contribution >= 4 is 10.0 Å². The van der Waals surface area contributed by atoms with Gasteiger partial charge in [0.2, 0.25) is 10.0 Å². The van der Waals surface area contributed by atoms with Gasteiger partial charge in [0, 0.05) is 57.9 Å². The smallest absolute Gasteiger partial charge is 0.211 e. The van der Waals surface area contributed by atoms with Gasteiger partial charge in [0.05, 0.1) is 6.26 Å². The fourth-order valence-electron chi connectivity index (χ4n) is 4.11. The molecule has 3 rings (SSSR count). The van der Waals surface area contributed by atoms with Gasteiger partial charge in [0.1, 0.15) is 0 Å². The third-order valence-corrected chi connectivity index (χ3v) is 7.10. The van der Waals surface area contributed by atoms with Crippen LogP contribution < -0.4 is 5.73 Å². The molecule has 2 fully saturated rings. The predicted octanol–water partition coefficient (Wildman–Crippen LogP) is 0.557. The Morgan fingerprint density at radius 3 is 2.12 bits per heavy atom. The summed E-state index contributed by atoms with van der Waals surface area (Å²) in [6.07, 6.45) is 3.40. The Balaban J connectivity index is 1.57. The minimum Gasteiger partial charge on any atom is -0.329 e. The second-order valence-corrected chi connectivity index (χ2v) is 9.32. The van der Waals surface area contributed by atoms with Crippen LogP contribution in [0.2, 0.25) is 0 Å². The fourth-order valence-corrected chi connectivity index (χ4v) is 4.94. The Hall–Kier alpha value is -0.990. The summed E-state index contributed by atoms with van der Waals surface area (Å²) in [4.78, 5) is 4.94. The summed E-state index contributed by atoms with van der Waals surface area (Å²) in [5.41, 5.74) is 7.57. The van der Waals surface area contributed by atoms with Gasteiger partial charge in [-0.1, -0.05) is 30.3 Å². The number of sulfonamides is 1. The van der Waals surface area contributed by atoms with E-state index in [0.717, 1.165) is 45.6 Å². The van der Waals surface area contributed by atoms with Crippen molar-refractivity contribution in [2.45, 2.75) is 24.9 Å². The number of likely N-dealkylation sites (tertiary alicyclic amines) is 1. The van der Waals surface area contributed by atoms with E-state index in [1.54, 1.807) is 4.31 Å². The molecule has 0 unspecified atom stereocenters. The zero-order chi connectivity index (χ0) is 17.9. The monoisotopic (exact) mass is 366 g/mol. The van der Waals surface area contributed by atoms with Crippen LogP contribution in [0.3, 0.4) is 0 Å². The zero-order valence-electron chi connectivity index (χ0n) is 15.1. The van der Waals surface area contributed by atoms with E-state index in [-0.39, 0.29) is 5.54 Å². The molecule has 0 radical (unpaired) electrons. The number of rotatable bonds is 5. The van der Waals surface area contributed by atoms with Gasteiger partial charge >= 0.3 is 0 Å². The molecule has 2 N–H and O–H groups in total. The van der Waals surface area contributed by atoms with Crippen LogP contribution in [-0.2, 0) is 16.6 Å². The molecule has 140 valence electrons. The van der Waals surface area contributed by atoms with Crippen molar-refractivity contribution in [1.82, 2.24) is 14.1 Å². The Labute approximate surface area is 151 Å². The maximum atomic E-state index is 11.7. The normalized spacial score (nSPS) is 23.6. The quantitative estimate of drug-likeness (QED) is 0.824. The molecule has 2 saturated heterocycles. The molecule has 2 aliphatic heterocycles. The molecule has 0 amide bonds. The molecule has 0 bridgehead atoms. The lowest BCUT2D eigenvalue weighted by molar-refractivity contribution is 0.00564. The fraction of sp³-hybridized carbons (Fsp3) is 0.667. The predicted molar refractivity (Wildman–Crippen MR) is 101 cm³/mol. The van der Waals surface area contributed by atoms with Crippen LogP contribution in [-0.4, -0.2) is 80.1 Å². The summed E-state index contributed by atoms with van der Waals surface area (Å²) in [6.45, 7) is 6.43. The topological polar surface area (TPSA) is 69.9 Å². The van der Waals surface area contributed by atoms with Crippen molar-refractivity contribution in [2.24, 2.45) is 5.73 Å². The van der Waals surface area contributed by atoms with Gasteiger partial charge in [-0.3, -0.25) is 9.80 Å². The van der Waals surface area contributed by atoms with Crippen molar-refractivity contribution in [1.29, 1.82) is 0 Å². The SMILES string of the molecule is CS(=O)(=O)N1CCN(C2(CN)CCN(Cc3ccccc3)CC2)CC1. The van der Waals surface area contributed by atoms with Crippen LogP contribution in [0, 0.1) is 0 Å². The lowest BCUT2D eigenvalue weighted by Gasteiger charge is -2.50. The Kier molecular flexibility index (Phi) is 5.80. The maximum Gasteiger partial charge on any atom is 0.211 e. The second kappa shape index (κ2) is 7.72. The molecule has 0 aliphatic carbocycles. The molecule has 6 nitrogen and oxygen atoms in total. The number of hydrogen-bond donors (Lipinski definition) is 1. The summed E-state index contributed by atoms with van der Waals surface area (Å²) in [5.74, 6) is 0. The van der Waals surface area contributed by atoms with Gasteiger partial charge in [0.25, 0.3) is 0 Å². The number of benzene rings is 1. The van der Waals surface area contributed by atoms with Crippen LogP contribution in [0.5, 0.6) is 0 Å². The van der Waals surface area contributed by atoms with E-state index in [1.165, 1.54) is 11.8 Å². The highest BCUT2D eigenvalue weighted by Crippen LogP contribution is 2.30. The average molecular weight is 367 g/mol. The van der Waals surface area contributed by atoms with E-state index in [2.05, 4.69) is 40.1 Å². The van der Waals surface area contributed by atoms with Crippen LogP contribution in [0.4, 0.5) is 0 Å². The molecule has 0 aromatic heterocycles. The van der Waals surface area contributed by atoms with E-state index < -0.39 is 10.0 Å². The molecule has 0 spiro atoms. The number of piperidine rings is 1. The molecule has 25 heavy (non-hydrogen) atoms. The first-order valence-electron chi connectivity index (χ1n) is 9.09. The lowest BCUT2D eigenvalue weighted by atomic mass is 9.85. The third kappa shape index (κ3) is 4.41. The van der Waals surface area contributed by atoms with Crippen molar-refractivity contribution in [3.05, 3.63) is 35.9 Å². The summed E-state index contributed by atoms with van der Waals surface area (Å²) in [7, 11) is -3.08. The highest BCUT2D eigenvalue weighted by molar-refractivity contribution is 7.88. The number of nitrogens with zero attached hydrogens (tertiary/aromatic N) is 3. The molecular weight excluding hydrogens is 336 g/mol. The molecule has 1 aromatic carbocycles. The summed E-state index contributed by atoms with van der Waals surface area (Å²) >= 11 is 0. The zero-order valence-corrected chi connectivity index (χ0v) is 15.9. The van der Waals surface area contributed by atoms with E-state index in [4.69, 9.17) is 5.73 Å². The summed E-state index contributed by atoms with van der Waals surface area (Å²) < 4.78 is 25.0. The van der Waals surface area contributed by atoms with Crippen molar-refractivity contribution in [3.8, 4) is 0 Å². The third-order valence-electron chi connectivity index (χ3n) is 5.79. The molecule has 0 saturated carbocycles. The van der Waals surface area contributed by atoms with Crippen LogP contribution in [0.25, 0.3) is 0 Å². The van der Waals surface area contributed by atoms with Crippen LogP contribution >= 0.6 is 0 Å². The van der Waals surface area contributed by atoms with Crippen molar-refractivity contribution < 1.29 is 8.42 Å². The largest absolute Gasteiger partial charge is 0.329 e. The van der Waals surface area contributed by atoms with Crippen LogP contribution in [0.15, 0.2) is 30.3 Å². The van der Waals surface area contributed by atoms with E-state index in [1.807, 2.05) is 0 Å². The van der Waals surface area contributed by atoms with Gasteiger partial charge in [0.15, 0.2) is 0 Å². The van der Waals surface area contributed by atoms with Crippen molar-refractivity contribution in [3.63, 3.8) is 0 Å². The Morgan fingerprint density at radius 1 is 1.00 bits per heavy atom. The number of piperazine rings is 1. The van der Waals surface area contributed by atoms with Gasteiger partial charge in [-0.05, 0) is 18.4 Å². The minimum atomic E-state index is -3.08. The van der Waals surface area contributed by atoms with E-state index >= 15 is 0 Å². The molecule has 2 aliphatic rings. The molecule has 2 heterocycles. The maximum absolute atomic E-state index is 11.7. The summed E-state index contributed by atoms with van der Waals surface area (Å²) in [6, 6.07) is 10.6.